The molecule has 7 aliphatic rings. The van der Waals surface area contributed by atoms with Crippen LogP contribution in [0.3, 0.4) is 0 Å². The highest BCUT2D eigenvalue weighted by Crippen LogP contribution is 2.75. The Morgan fingerprint density at radius 2 is 1.67 bits per heavy atom. The van der Waals surface area contributed by atoms with Crippen LogP contribution >= 0.6 is 0 Å². The summed E-state index contributed by atoms with van der Waals surface area (Å²) < 4.78 is 0. The first-order valence-corrected chi connectivity index (χ1v) is 16.0. The van der Waals surface area contributed by atoms with Crippen LogP contribution in [-0.2, 0) is 14.4 Å². The summed E-state index contributed by atoms with van der Waals surface area (Å²) in [6, 6.07) is 0. The maximum absolute atomic E-state index is 13.3. The van der Waals surface area contributed by atoms with Crippen molar-refractivity contribution >= 4 is 17.6 Å². The number of nitrogens with one attached hydrogen (secondary N) is 2. The second-order valence-corrected chi connectivity index (χ2v) is 16.3. The Morgan fingerprint density at radius 3 is 2.33 bits per heavy atom. The third-order valence-electron chi connectivity index (χ3n) is 13.8. The third kappa shape index (κ3) is 3.52. The molecule has 0 bridgehead atoms. The van der Waals surface area contributed by atoms with Gasteiger partial charge < -0.3 is 20.6 Å². The summed E-state index contributed by atoms with van der Waals surface area (Å²) >= 11 is 0. The minimum absolute atomic E-state index is 0.000435. The number of aliphatic hydroxyl groups is 1. The summed E-state index contributed by atoms with van der Waals surface area (Å²) in [6.07, 6.45) is 13.1. The minimum atomic E-state index is -0.448. The first-order valence-electron chi connectivity index (χ1n) is 16.0. The number of carbonyl (C=O) groups is 3. The van der Waals surface area contributed by atoms with Crippen molar-refractivity contribution in [3.63, 3.8) is 0 Å². The summed E-state index contributed by atoms with van der Waals surface area (Å²) in [6.45, 7) is 16.9. The Balaban J connectivity index is 1.17. The van der Waals surface area contributed by atoms with Crippen molar-refractivity contribution < 1.29 is 19.5 Å². The molecule has 3 saturated carbocycles. The second kappa shape index (κ2) is 8.49. The maximum Gasteiger partial charge on any atom is 0.311 e. The zero-order chi connectivity index (χ0) is 30.1. The van der Waals surface area contributed by atoms with E-state index >= 15 is 0 Å². The van der Waals surface area contributed by atoms with Crippen LogP contribution in [0.15, 0.2) is 46.3 Å². The van der Waals surface area contributed by atoms with Crippen molar-refractivity contribution in [3.05, 3.63) is 46.3 Å². The van der Waals surface area contributed by atoms with Crippen LogP contribution in [0.5, 0.6) is 0 Å². The van der Waals surface area contributed by atoms with Crippen molar-refractivity contribution in [1.29, 1.82) is 0 Å². The van der Waals surface area contributed by atoms with Crippen LogP contribution in [-0.4, -0.2) is 59.3 Å². The molecule has 6 atom stereocenters. The van der Waals surface area contributed by atoms with Crippen LogP contribution in [0.1, 0.15) is 86.5 Å². The lowest BCUT2D eigenvalue weighted by atomic mass is 9.35. The topological polar surface area (TPSA) is 98.7 Å². The molecular formula is C35H47N3O4. The Kier molecular flexibility index (Phi) is 5.68. The lowest BCUT2D eigenvalue weighted by Crippen LogP contribution is -2.73. The third-order valence-corrected chi connectivity index (χ3v) is 13.8. The number of amides is 2. The van der Waals surface area contributed by atoms with Gasteiger partial charge in [0.1, 0.15) is 0 Å². The molecule has 42 heavy (non-hydrogen) atoms. The standard InChI is InChI=1S/C35H47N3O4/c1-21-22-7-8-25-32(4,23(22)15-24(39)27(21)40)12-14-34(6)26-16-31(3,11-9-30(26,2)10-13-33(25,34)5)37-28(41)29(42)38-19-35(20-38)17-36-18-35/h7-8,15,26,36,40H,9-14,16-20H2,1-6H3,(H,37,41)/t26?,30?,31?,32?,33?,34-/m0/s1. The molecule has 2 aliphatic heterocycles. The van der Waals surface area contributed by atoms with Crippen molar-refractivity contribution in [1.82, 2.24) is 15.5 Å². The maximum atomic E-state index is 13.3. The SMILES string of the molecule is CC1=C(O)C(=O)C=C2C1=CC=C1C2(C)CC[C@@]2(C)C3CC(C)(NC(=O)C(=O)N4CC5(CNC5)C4)CCC3(C)CCC12C. The molecule has 226 valence electrons. The fraction of sp³-hybridized carbons (Fsp3) is 0.686. The molecular weight excluding hydrogens is 526 g/mol. The van der Waals surface area contributed by atoms with Crippen molar-refractivity contribution in [2.24, 2.45) is 33.0 Å². The molecule has 2 heterocycles. The van der Waals surface area contributed by atoms with Crippen molar-refractivity contribution in [3.8, 4) is 0 Å². The molecule has 0 aromatic heterocycles. The molecule has 7 heteroatoms. The van der Waals surface area contributed by atoms with E-state index < -0.39 is 11.4 Å². The summed E-state index contributed by atoms with van der Waals surface area (Å²) in [7, 11) is 0. The number of hydrogen-bond donors (Lipinski definition) is 3. The van der Waals surface area contributed by atoms with Crippen LogP contribution in [0.25, 0.3) is 0 Å². The van der Waals surface area contributed by atoms with Gasteiger partial charge in [0, 0.05) is 48.1 Å². The molecule has 5 fully saturated rings. The molecule has 0 aromatic carbocycles. The highest BCUT2D eigenvalue weighted by molar-refractivity contribution is 6.35. The molecule has 7 nitrogen and oxygen atoms in total. The quantitative estimate of drug-likeness (QED) is 0.387. The van der Waals surface area contributed by atoms with Gasteiger partial charge in [0.2, 0.25) is 5.78 Å². The van der Waals surface area contributed by atoms with Crippen molar-refractivity contribution in [2.45, 2.75) is 92.0 Å². The van der Waals surface area contributed by atoms with Crippen molar-refractivity contribution in [2.75, 3.05) is 26.2 Å². The number of hydrogen-bond acceptors (Lipinski definition) is 5. The van der Waals surface area contributed by atoms with Gasteiger partial charge in [0.05, 0.1) is 0 Å². The van der Waals surface area contributed by atoms with E-state index in [2.05, 4.69) is 57.4 Å². The fourth-order valence-corrected chi connectivity index (χ4v) is 10.7. The highest BCUT2D eigenvalue weighted by atomic mass is 16.3. The summed E-state index contributed by atoms with van der Waals surface area (Å²) in [5.74, 6) is -0.869. The Bertz CT molecular complexity index is 1440. The number of allylic oxidation sites excluding steroid dienone is 7. The van der Waals surface area contributed by atoms with Crippen LogP contribution in [0.2, 0.25) is 0 Å². The highest BCUT2D eigenvalue weighted by Gasteiger charge is 2.67. The molecule has 2 amide bonds. The fourth-order valence-electron chi connectivity index (χ4n) is 10.7. The van der Waals surface area contributed by atoms with E-state index in [0.717, 1.165) is 69.2 Å². The van der Waals surface area contributed by atoms with Gasteiger partial charge in [0.15, 0.2) is 5.76 Å². The number of likely N-dealkylation sites (tertiary alicyclic amines) is 1. The van der Waals surface area contributed by atoms with E-state index in [-0.39, 0.29) is 44.5 Å². The number of rotatable bonds is 1. The molecule has 0 radical (unpaired) electrons. The lowest BCUT2D eigenvalue weighted by Gasteiger charge is -2.70. The van der Waals surface area contributed by atoms with Gasteiger partial charge in [-0.15, -0.1) is 0 Å². The molecule has 1 spiro atoms. The van der Waals surface area contributed by atoms with Gasteiger partial charge in [0.25, 0.3) is 0 Å². The predicted molar refractivity (Wildman–Crippen MR) is 161 cm³/mol. The minimum Gasteiger partial charge on any atom is -0.504 e. The van der Waals surface area contributed by atoms with Gasteiger partial charge in [-0.2, -0.15) is 0 Å². The van der Waals surface area contributed by atoms with Gasteiger partial charge >= 0.3 is 11.8 Å². The Morgan fingerprint density at radius 1 is 0.976 bits per heavy atom. The molecule has 2 saturated heterocycles. The smallest absolute Gasteiger partial charge is 0.311 e. The molecule has 7 rings (SSSR count). The molecule has 0 aromatic rings. The molecule has 5 unspecified atom stereocenters. The largest absolute Gasteiger partial charge is 0.504 e. The van der Waals surface area contributed by atoms with Gasteiger partial charge in [-0.05, 0) is 98.2 Å². The van der Waals surface area contributed by atoms with Crippen LogP contribution in [0.4, 0.5) is 0 Å². The first kappa shape index (κ1) is 28.1. The normalized spacial score (nSPS) is 43.4. The average Bonchev–Trinajstić information content (AvgIpc) is 2.88. The summed E-state index contributed by atoms with van der Waals surface area (Å²) in [5.41, 5.74) is 3.75. The van der Waals surface area contributed by atoms with Crippen LogP contribution in [0, 0.1) is 33.0 Å². The van der Waals surface area contributed by atoms with Gasteiger partial charge in [-0.1, -0.05) is 45.4 Å². The predicted octanol–water partition coefficient (Wildman–Crippen LogP) is 4.91. The summed E-state index contributed by atoms with van der Waals surface area (Å²) in [5, 5.41) is 16.9. The summed E-state index contributed by atoms with van der Waals surface area (Å²) in [4.78, 5) is 40.8. The van der Waals surface area contributed by atoms with E-state index in [9.17, 15) is 19.5 Å². The van der Waals surface area contributed by atoms with Crippen LogP contribution < -0.4 is 10.6 Å². The zero-order valence-corrected chi connectivity index (χ0v) is 26.2. The zero-order valence-electron chi connectivity index (χ0n) is 26.2. The number of ketones is 1. The van der Waals surface area contributed by atoms with E-state index in [1.165, 1.54) is 5.57 Å². The Hall–Kier alpha value is -2.67. The Labute approximate surface area is 249 Å². The lowest BCUT2D eigenvalue weighted by molar-refractivity contribution is -0.163. The number of carbonyl (C=O) groups excluding carboxylic acids is 3. The number of fused-ring (bicyclic) bond motifs is 7. The monoisotopic (exact) mass is 573 g/mol. The molecule has 3 N–H and O–H groups in total. The first-order chi connectivity index (χ1) is 19.6. The van der Waals surface area contributed by atoms with E-state index in [4.69, 9.17) is 0 Å². The number of nitrogens with zero attached hydrogens (tertiary/aromatic N) is 1. The molecule has 5 aliphatic carbocycles. The second-order valence-electron chi connectivity index (χ2n) is 16.3. The van der Waals surface area contributed by atoms with E-state index in [1.54, 1.807) is 11.0 Å². The van der Waals surface area contributed by atoms with Gasteiger partial charge in [-0.3, -0.25) is 14.4 Å². The van der Waals surface area contributed by atoms with E-state index in [1.807, 2.05) is 6.92 Å². The average molecular weight is 574 g/mol. The number of aliphatic hydroxyl groups excluding tert-OH is 1. The van der Waals surface area contributed by atoms with Gasteiger partial charge in [-0.25, -0.2) is 0 Å². The van der Waals surface area contributed by atoms with E-state index in [0.29, 0.717) is 24.6 Å².